The summed E-state index contributed by atoms with van der Waals surface area (Å²) in [6.07, 6.45) is 5.02. The first-order valence-corrected chi connectivity index (χ1v) is 11.6. The SMILES string of the molecule is O=C(c1c2c(nc3ccccc13)CCC2)N1CCC(c2nc3ccccc3s2)CC1. The number of rotatable bonds is 2. The van der Waals surface area contributed by atoms with Gasteiger partial charge in [0.2, 0.25) is 0 Å². The predicted molar refractivity (Wildman–Crippen MR) is 121 cm³/mol. The molecule has 0 bridgehead atoms. The normalized spacial score (nSPS) is 17.0. The zero-order valence-electron chi connectivity index (χ0n) is 16.8. The minimum absolute atomic E-state index is 0.189. The number of aromatic nitrogens is 2. The molecule has 150 valence electrons. The van der Waals surface area contributed by atoms with Crippen molar-refractivity contribution in [1.29, 1.82) is 0 Å². The summed E-state index contributed by atoms with van der Waals surface area (Å²) in [5.41, 5.74) is 5.26. The van der Waals surface area contributed by atoms with Crippen LogP contribution in [0.2, 0.25) is 0 Å². The fourth-order valence-electron chi connectivity index (χ4n) is 5.01. The standard InChI is InChI=1S/C25H23N3OS/c29-25(23-17-6-1-2-8-19(17)26-20-10-5-7-18(20)23)28-14-12-16(13-15-28)24-27-21-9-3-4-11-22(21)30-24/h1-4,6,8-9,11,16H,5,7,10,12-15H2. The fourth-order valence-corrected chi connectivity index (χ4v) is 6.14. The zero-order valence-corrected chi connectivity index (χ0v) is 17.6. The van der Waals surface area contributed by atoms with E-state index in [1.165, 1.54) is 15.3 Å². The summed E-state index contributed by atoms with van der Waals surface area (Å²) in [4.78, 5) is 25.4. The van der Waals surface area contributed by atoms with E-state index in [1.807, 2.05) is 24.3 Å². The highest BCUT2D eigenvalue weighted by Crippen LogP contribution is 2.36. The molecule has 1 amide bonds. The Morgan fingerprint density at radius 3 is 2.53 bits per heavy atom. The maximum absolute atomic E-state index is 13.6. The highest BCUT2D eigenvalue weighted by atomic mass is 32.1. The average molecular weight is 414 g/mol. The van der Waals surface area contributed by atoms with Gasteiger partial charge in [-0.25, -0.2) is 4.98 Å². The second-order valence-electron chi connectivity index (χ2n) is 8.37. The largest absolute Gasteiger partial charge is 0.339 e. The molecule has 1 aliphatic heterocycles. The van der Waals surface area contributed by atoms with E-state index in [2.05, 4.69) is 29.2 Å². The molecule has 30 heavy (non-hydrogen) atoms. The van der Waals surface area contributed by atoms with Crippen LogP contribution in [0.5, 0.6) is 0 Å². The molecular formula is C25H23N3OS. The van der Waals surface area contributed by atoms with Crippen LogP contribution >= 0.6 is 11.3 Å². The smallest absolute Gasteiger partial charge is 0.254 e. The molecule has 6 rings (SSSR count). The Balaban J connectivity index is 1.27. The van der Waals surface area contributed by atoms with Gasteiger partial charge in [-0.2, -0.15) is 0 Å². The van der Waals surface area contributed by atoms with Crippen molar-refractivity contribution in [1.82, 2.24) is 14.9 Å². The molecule has 0 atom stereocenters. The number of hydrogen-bond donors (Lipinski definition) is 0. The Bertz CT molecular complexity index is 1240. The summed E-state index contributed by atoms with van der Waals surface area (Å²) in [7, 11) is 0. The molecule has 0 saturated carbocycles. The van der Waals surface area contributed by atoms with E-state index < -0.39 is 0 Å². The quantitative estimate of drug-likeness (QED) is 0.445. The third-order valence-electron chi connectivity index (χ3n) is 6.57. The minimum atomic E-state index is 0.189. The maximum Gasteiger partial charge on any atom is 0.254 e. The van der Waals surface area contributed by atoms with Gasteiger partial charge in [0.1, 0.15) is 0 Å². The number of thiazole rings is 1. The van der Waals surface area contributed by atoms with Gasteiger partial charge in [0, 0.05) is 30.1 Å². The van der Waals surface area contributed by atoms with Crippen LogP contribution in [-0.4, -0.2) is 33.9 Å². The molecule has 0 N–H and O–H groups in total. The van der Waals surface area contributed by atoms with Gasteiger partial charge in [-0.3, -0.25) is 9.78 Å². The summed E-state index contributed by atoms with van der Waals surface area (Å²) in [6, 6.07) is 16.5. The van der Waals surface area contributed by atoms with Crippen LogP contribution in [0.4, 0.5) is 0 Å². The average Bonchev–Trinajstić information content (AvgIpc) is 3.44. The van der Waals surface area contributed by atoms with Crippen molar-refractivity contribution < 1.29 is 4.79 Å². The third-order valence-corrected chi connectivity index (χ3v) is 7.77. The first kappa shape index (κ1) is 18.0. The van der Waals surface area contributed by atoms with Crippen LogP contribution in [-0.2, 0) is 12.8 Å². The monoisotopic (exact) mass is 413 g/mol. The molecule has 0 unspecified atom stereocenters. The summed E-state index contributed by atoms with van der Waals surface area (Å²) in [5, 5.41) is 2.23. The lowest BCUT2D eigenvalue weighted by molar-refractivity contribution is 0.0714. The van der Waals surface area contributed by atoms with Crippen molar-refractivity contribution in [2.24, 2.45) is 0 Å². The molecule has 4 aromatic rings. The number of aryl methyl sites for hydroxylation is 1. The Hall–Kier alpha value is -2.79. The Morgan fingerprint density at radius 1 is 0.933 bits per heavy atom. The maximum atomic E-state index is 13.6. The van der Waals surface area contributed by atoms with Crippen LogP contribution in [0.1, 0.15) is 51.8 Å². The van der Waals surface area contributed by atoms with Gasteiger partial charge in [-0.1, -0.05) is 30.3 Å². The lowest BCUT2D eigenvalue weighted by Gasteiger charge is -2.32. The van der Waals surface area contributed by atoms with Gasteiger partial charge < -0.3 is 4.90 Å². The van der Waals surface area contributed by atoms with E-state index in [9.17, 15) is 4.79 Å². The van der Waals surface area contributed by atoms with Crippen molar-refractivity contribution >= 4 is 38.4 Å². The van der Waals surface area contributed by atoms with Crippen molar-refractivity contribution in [2.45, 2.75) is 38.0 Å². The molecule has 3 heterocycles. The number of nitrogens with zero attached hydrogens (tertiary/aromatic N) is 3. The van der Waals surface area contributed by atoms with Crippen LogP contribution < -0.4 is 0 Å². The molecule has 1 aliphatic carbocycles. The van der Waals surface area contributed by atoms with E-state index in [0.29, 0.717) is 5.92 Å². The number of para-hydroxylation sites is 2. The lowest BCUT2D eigenvalue weighted by Crippen LogP contribution is -2.38. The highest BCUT2D eigenvalue weighted by molar-refractivity contribution is 7.18. The molecule has 1 fully saturated rings. The number of hydrogen-bond acceptors (Lipinski definition) is 4. The van der Waals surface area contributed by atoms with Crippen LogP contribution in [0, 0.1) is 0 Å². The van der Waals surface area contributed by atoms with Gasteiger partial charge in [0.05, 0.1) is 26.3 Å². The van der Waals surface area contributed by atoms with E-state index >= 15 is 0 Å². The minimum Gasteiger partial charge on any atom is -0.339 e. The Morgan fingerprint density at radius 2 is 1.70 bits per heavy atom. The number of fused-ring (bicyclic) bond motifs is 3. The molecule has 0 spiro atoms. The van der Waals surface area contributed by atoms with Crippen LogP contribution in [0.15, 0.2) is 48.5 Å². The molecular weight excluding hydrogens is 390 g/mol. The van der Waals surface area contributed by atoms with Gasteiger partial charge >= 0.3 is 0 Å². The van der Waals surface area contributed by atoms with E-state index in [4.69, 9.17) is 9.97 Å². The molecule has 0 radical (unpaired) electrons. The molecule has 4 nitrogen and oxygen atoms in total. The van der Waals surface area contributed by atoms with Gasteiger partial charge in [-0.15, -0.1) is 11.3 Å². The first-order chi connectivity index (χ1) is 14.8. The number of amides is 1. The summed E-state index contributed by atoms with van der Waals surface area (Å²) in [6.45, 7) is 1.59. The van der Waals surface area contributed by atoms with Crippen molar-refractivity contribution in [3.63, 3.8) is 0 Å². The molecule has 2 aliphatic rings. The van der Waals surface area contributed by atoms with Crippen molar-refractivity contribution in [2.75, 3.05) is 13.1 Å². The Labute approximate surface area is 179 Å². The zero-order chi connectivity index (χ0) is 20.1. The number of carbonyl (C=O) groups excluding carboxylic acids is 1. The summed E-state index contributed by atoms with van der Waals surface area (Å²) < 4.78 is 1.25. The number of pyridine rings is 1. The third kappa shape index (κ3) is 2.91. The summed E-state index contributed by atoms with van der Waals surface area (Å²) >= 11 is 1.81. The van der Waals surface area contributed by atoms with Gasteiger partial charge in [0.15, 0.2) is 0 Å². The topological polar surface area (TPSA) is 46.1 Å². The Kier molecular flexibility index (Phi) is 4.30. The van der Waals surface area contributed by atoms with E-state index in [-0.39, 0.29) is 5.91 Å². The van der Waals surface area contributed by atoms with Crippen LogP contribution in [0.25, 0.3) is 21.1 Å². The van der Waals surface area contributed by atoms with E-state index in [0.717, 1.165) is 72.9 Å². The second kappa shape index (κ2) is 7.17. The second-order valence-corrected chi connectivity index (χ2v) is 9.43. The predicted octanol–water partition coefficient (Wildman–Crippen LogP) is 5.35. The molecule has 5 heteroatoms. The number of piperidine rings is 1. The summed E-state index contributed by atoms with van der Waals surface area (Å²) in [5.74, 6) is 0.640. The lowest BCUT2D eigenvalue weighted by atomic mass is 9.95. The molecule has 2 aromatic heterocycles. The van der Waals surface area contributed by atoms with Gasteiger partial charge in [0.25, 0.3) is 5.91 Å². The number of likely N-dealkylation sites (tertiary alicyclic amines) is 1. The number of carbonyl (C=O) groups is 1. The van der Waals surface area contributed by atoms with E-state index in [1.54, 1.807) is 11.3 Å². The van der Waals surface area contributed by atoms with Crippen molar-refractivity contribution in [3.8, 4) is 0 Å². The van der Waals surface area contributed by atoms with Crippen molar-refractivity contribution in [3.05, 3.63) is 70.4 Å². The van der Waals surface area contributed by atoms with Gasteiger partial charge in [-0.05, 0) is 55.9 Å². The fraction of sp³-hybridized carbons (Fsp3) is 0.320. The molecule has 2 aromatic carbocycles. The number of benzene rings is 2. The molecule has 1 saturated heterocycles. The highest BCUT2D eigenvalue weighted by Gasteiger charge is 2.30. The first-order valence-electron chi connectivity index (χ1n) is 10.8. The van der Waals surface area contributed by atoms with Crippen LogP contribution in [0.3, 0.4) is 0 Å².